The minimum Gasteiger partial charge on any atom is -0.393 e. The Labute approximate surface area is 111 Å². The van der Waals surface area contributed by atoms with E-state index in [1.54, 1.807) is 0 Å². The van der Waals surface area contributed by atoms with Crippen molar-refractivity contribution in [2.45, 2.75) is 70.8 Å². The molecule has 0 aromatic carbocycles. The van der Waals surface area contributed by atoms with Crippen LogP contribution in [0, 0.1) is 35.0 Å². The molecule has 0 bridgehead atoms. The first-order valence-electron chi connectivity index (χ1n) is 8.35. The van der Waals surface area contributed by atoms with Crippen LogP contribution in [-0.2, 0) is 0 Å². The molecule has 4 aliphatic rings. The normalized spacial score (nSPS) is 59.0. The van der Waals surface area contributed by atoms with Crippen LogP contribution >= 0.6 is 0 Å². The van der Waals surface area contributed by atoms with Crippen molar-refractivity contribution >= 4 is 0 Å². The molecule has 0 heterocycles. The third-order valence-electron chi connectivity index (χ3n) is 7.42. The van der Waals surface area contributed by atoms with Crippen molar-refractivity contribution in [3.05, 3.63) is 0 Å². The monoisotopic (exact) mass is 248 g/mol. The second kappa shape index (κ2) is 3.98. The van der Waals surface area contributed by atoms with Crippen LogP contribution in [-0.4, -0.2) is 11.2 Å². The van der Waals surface area contributed by atoms with Gasteiger partial charge >= 0.3 is 0 Å². The van der Waals surface area contributed by atoms with Gasteiger partial charge in [-0.05, 0) is 86.4 Å². The molecule has 0 aromatic rings. The lowest BCUT2D eigenvalue weighted by atomic mass is 9.53. The van der Waals surface area contributed by atoms with Crippen molar-refractivity contribution in [1.82, 2.24) is 0 Å². The highest BCUT2D eigenvalue weighted by Crippen LogP contribution is 2.62. The SMILES string of the molecule is CC12CCCC1C1CCC3CC(O)CC3C1CC2. The van der Waals surface area contributed by atoms with E-state index in [4.69, 9.17) is 0 Å². The quantitative estimate of drug-likeness (QED) is 0.687. The number of rotatable bonds is 0. The maximum absolute atomic E-state index is 9.99. The number of aliphatic hydroxyl groups is 1. The molecule has 4 aliphatic carbocycles. The number of hydrogen-bond donors (Lipinski definition) is 1. The summed E-state index contributed by atoms with van der Waals surface area (Å²) in [7, 11) is 0. The van der Waals surface area contributed by atoms with Crippen molar-refractivity contribution in [3.63, 3.8) is 0 Å². The Bertz CT molecular complexity index is 339. The molecule has 102 valence electrons. The molecule has 0 aromatic heterocycles. The minimum atomic E-state index is 0.0376. The lowest BCUT2D eigenvalue weighted by Gasteiger charge is -2.52. The number of aliphatic hydroxyl groups excluding tert-OH is 1. The van der Waals surface area contributed by atoms with E-state index in [1.165, 1.54) is 44.9 Å². The standard InChI is InChI=1S/C17H28O/c1-17-7-2-3-16(17)14-5-4-11-9-12(18)10-15(11)13(14)6-8-17/h11-16,18H,2-10H2,1H3. The molecule has 7 atom stereocenters. The highest BCUT2D eigenvalue weighted by atomic mass is 16.3. The predicted molar refractivity (Wildman–Crippen MR) is 73.1 cm³/mol. The molecule has 1 nitrogen and oxygen atoms in total. The topological polar surface area (TPSA) is 20.2 Å². The van der Waals surface area contributed by atoms with Gasteiger partial charge in [0.15, 0.2) is 0 Å². The molecule has 4 rings (SSSR count). The predicted octanol–water partition coefficient (Wildman–Crippen LogP) is 4.00. The summed E-state index contributed by atoms with van der Waals surface area (Å²) in [5, 5.41) is 9.99. The number of fused-ring (bicyclic) bond motifs is 5. The van der Waals surface area contributed by atoms with Gasteiger partial charge in [0.1, 0.15) is 0 Å². The van der Waals surface area contributed by atoms with Gasteiger partial charge in [-0.2, -0.15) is 0 Å². The molecule has 4 saturated carbocycles. The second-order valence-corrected chi connectivity index (χ2v) is 8.15. The summed E-state index contributed by atoms with van der Waals surface area (Å²) in [6.07, 6.45) is 12.7. The first-order valence-corrected chi connectivity index (χ1v) is 8.35. The van der Waals surface area contributed by atoms with Crippen LogP contribution in [0.3, 0.4) is 0 Å². The van der Waals surface area contributed by atoms with Crippen molar-refractivity contribution < 1.29 is 5.11 Å². The molecule has 7 unspecified atom stereocenters. The molecule has 0 saturated heterocycles. The second-order valence-electron chi connectivity index (χ2n) is 8.15. The molecule has 0 aliphatic heterocycles. The van der Waals surface area contributed by atoms with Crippen LogP contribution in [0.1, 0.15) is 64.7 Å². The zero-order valence-corrected chi connectivity index (χ0v) is 11.8. The van der Waals surface area contributed by atoms with E-state index >= 15 is 0 Å². The number of hydrogen-bond acceptors (Lipinski definition) is 1. The molecule has 1 heteroatoms. The fraction of sp³-hybridized carbons (Fsp3) is 1.00. The van der Waals surface area contributed by atoms with Crippen LogP contribution in [0.25, 0.3) is 0 Å². The van der Waals surface area contributed by atoms with Crippen molar-refractivity contribution in [3.8, 4) is 0 Å². The molecule has 0 radical (unpaired) electrons. The zero-order chi connectivity index (χ0) is 12.3. The Hall–Kier alpha value is -0.0400. The lowest BCUT2D eigenvalue weighted by Crippen LogP contribution is -2.44. The van der Waals surface area contributed by atoms with Crippen LogP contribution in [0.2, 0.25) is 0 Å². The van der Waals surface area contributed by atoms with Crippen molar-refractivity contribution in [2.24, 2.45) is 35.0 Å². The molecule has 0 amide bonds. The fourth-order valence-corrected chi connectivity index (χ4v) is 6.65. The van der Waals surface area contributed by atoms with Crippen LogP contribution in [0.5, 0.6) is 0 Å². The van der Waals surface area contributed by atoms with E-state index in [2.05, 4.69) is 6.92 Å². The summed E-state index contributed by atoms with van der Waals surface area (Å²) >= 11 is 0. The van der Waals surface area contributed by atoms with Gasteiger partial charge in [-0.1, -0.05) is 13.3 Å². The first kappa shape index (κ1) is 11.8. The first-order chi connectivity index (χ1) is 8.67. The smallest absolute Gasteiger partial charge is 0.0545 e. The third kappa shape index (κ3) is 1.55. The van der Waals surface area contributed by atoms with E-state index in [-0.39, 0.29) is 6.10 Å². The minimum absolute atomic E-state index is 0.0376. The van der Waals surface area contributed by atoms with Crippen LogP contribution in [0.4, 0.5) is 0 Å². The summed E-state index contributed by atoms with van der Waals surface area (Å²) in [4.78, 5) is 0. The highest BCUT2D eigenvalue weighted by molar-refractivity contribution is 5.04. The van der Waals surface area contributed by atoms with E-state index in [1.807, 2.05) is 0 Å². The van der Waals surface area contributed by atoms with Gasteiger partial charge in [-0.3, -0.25) is 0 Å². The molecule has 18 heavy (non-hydrogen) atoms. The Morgan fingerprint density at radius 1 is 0.889 bits per heavy atom. The zero-order valence-electron chi connectivity index (χ0n) is 11.8. The maximum Gasteiger partial charge on any atom is 0.0545 e. The van der Waals surface area contributed by atoms with Gasteiger partial charge in [-0.15, -0.1) is 0 Å². The summed E-state index contributed by atoms with van der Waals surface area (Å²) < 4.78 is 0. The summed E-state index contributed by atoms with van der Waals surface area (Å²) in [5.74, 6) is 4.82. The Morgan fingerprint density at radius 2 is 1.78 bits per heavy atom. The van der Waals surface area contributed by atoms with E-state index in [0.717, 1.165) is 42.4 Å². The average Bonchev–Trinajstić information content (AvgIpc) is 2.89. The Morgan fingerprint density at radius 3 is 2.67 bits per heavy atom. The molecule has 4 fully saturated rings. The van der Waals surface area contributed by atoms with Crippen LogP contribution < -0.4 is 0 Å². The van der Waals surface area contributed by atoms with Gasteiger partial charge in [0.05, 0.1) is 6.10 Å². The maximum atomic E-state index is 9.99. The summed E-state index contributed by atoms with van der Waals surface area (Å²) in [6.45, 7) is 2.58. The Kier molecular flexibility index (Phi) is 2.60. The van der Waals surface area contributed by atoms with Crippen LogP contribution in [0.15, 0.2) is 0 Å². The molecule has 1 N–H and O–H groups in total. The molecule has 0 spiro atoms. The third-order valence-corrected chi connectivity index (χ3v) is 7.42. The van der Waals surface area contributed by atoms with E-state index < -0.39 is 0 Å². The van der Waals surface area contributed by atoms with Gasteiger partial charge in [0, 0.05) is 0 Å². The van der Waals surface area contributed by atoms with Gasteiger partial charge in [-0.25, -0.2) is 0 Å². The summed E-state index contributed by atoms with van der Waals surface area (Å²) in [6, 6.07) is 0. The molecular weight excluding hydrogens is 220 g/mol. The highest BCUT2D eigenvalue weighted by Gasteiger charge is 2.54. The van der Waals surface area contributed by atoms with Crippen molar-refractivity contribution in [1.29, 1.82) is 0 Å². The Balaban J connectivity index is 1.60. The van der Waals surface area contributed by atoms with Gasteiger partial charge < -0.3 is 5.11 Å². The van der Waals surface area contributed by atoms with Crippen molar-refractivity contribution in [2.75, 3.05) is 0 Å². The largest absolute Gasteiger partial charge is 0.393 e. The van der Waals surface area contributed by atoms with Gasteiger partial charge in [0.2, 0.25) is 0 Å². The van der Waals surface area contributed by atoms with E-state index in [0.29, 0.717) is 5.41 Å². The fourth-order valence-electron chi connectivity index (χ4n) is 6.65. The lowest BCUT2D eigenvalue weighted by molar-refractivity contribution is -0.0289. The molecular formula is C17H28O. The summed E-state index contributed by atoms with van der Waals surface area (Å²) in [5.41, 5.74) is 0.700. The average molecular weight is 248 g/mol. The van der Waals surface area contributed by atoms with E-state index in [9.17, 15) is 5.11 Å². The van der Waals surface area contributed by atoms with Gasteiger partial charge in [0.25, 0.3) is 0 Å².